The van der Waals surface area contributed by atoms with Crippen molar-refractivity contribution in [3.05, 3.63) is 99.7 Å². The van der Waals surface area contributed by atoms with E-state index in [-0.39, 0.29) is 5.56 Å². The van der Waals surface area contributed by atoms with Gasteiger partial charge in [0.25, 0.3) is 5.56 Å². The van der Waals surface area contributed by atoms with Crippen LogP contribution >= 0.6 is 11.8 Å². The molecule has 178 valence electrons. The van der Waals surface area contributed by atoms with Gasteiger partial charge < -0.3 is 4.52 Å². The van der Waals surface area contributed by atoms with Crippen LogP contribution in [-0.4, -0.2) is 29.3 Å². The Balaban J connectivity index is 1.44. The van der Waals surface area contributed by atoms with Crippen LogP contribution in [0, 0.1) is 20.8 Å². The Labute approximate surface area is 210 Å². The maximum absolute atomic E-state index is 13.6. The number of thioether (sulfide) groups is 1. The van der Waals surface area contributed by atoms with Crippen molar-refractivity contribution in [2.24, 2.45) is 0 Å². The van der Waals surface area contributed by atoms with E-state index in [1.165, 1.54) is 11.8 Å². The molecule has 3 heterocycles. The van der Waals surface area contributed by atoms with Crippen molar-refractivity contribution in [2.75, 3.05) is 0 Å². The first-order valence-corrected chi connectivity index (χ1v) is 12.5. The summed E-state index contributed by atoms with van der Waals surface area (Å²) in [5.41, 5.74) is 5.53. The smallest absolute Gasteiger partial charge is 0.267 e. The zero-order chi connectivity index (χ0) is 24.8. The second-order valence-corrected chi connectivity index (χ2v) is 9.62. The van der Waals surface area contributed by atoms with Crippen molar-refractivity contribution in [1.82, 2.24) is 29.3 Å². The van der Waals surface area contributed by atoms with E-state index < -0.39 is 0 Å². The molecule has 0 radical (unpaired) electrons. The Bertz CT molecular complexity index is 1820. The van der Waals surface area contributed by atoms with Crippen LogP contribution in [0.1, 0.15) is 22.6 Å². The van der Waals surface area contributed by atoms with Gasteiger partial charge in [0.1, 0.15) is 0 Å². The standard InChI is InChI=1S/C27H22N6O2S/c1-16-12-13-21(18(3)14-16)32-25(34)20-10-6-7-11-22(20)33-26(32)29-30-27(33)36-15-23-28-24(31-35-23)19-9-5-4-8-17(19)2/h4-14H,15H2,1-3H3. The van der Waals surface area contributed by atoms with Gasteiger partial charge >= 0.3 is 0 Å². The fourth-order valence-corrected chi connectivity index (χ4v) is 5.20. The second-order valence-electron chi connectivity index (χ2n) is 8.68. The molecular weight excluding hydrogens is 472 g/mol. The number of aromatic nitrogens is 6. The molecular formula is C27H22N6O2S. The van der Waals surface area contributed by atoms with Gasteiger partial charge in [-0.15, -0.1) is 10.2 Å². The fourth-order valence-electron chi connectivity index (χ4n) is 4.42. The summed E-state index contributed by atoms with van der Waals surface area (Å²) >= 11 is 1.43. The fraction of sp³-hybridized carbons (Fsp3) is 0.148. The van der Waals surface area contributed by atoms with Crippen LogP contribution in [0.25, 0.3) is 33.8 Å². The van der Waals surface area contributed by atoms with E-state index in [1.54, 1.807) is 4.57 Å². The van der Waals surface area contributed by atoms with Crippen LogP contribution in [-0.2, 0) is 5.75 Å². The summed E-state index contributed by atoms with van der Waals surface area (Å²) in [6.45, 7) is 6.04. The Kier molecular flexibility index (Phi) is 5.41. The summed E-state index contributed by atoms with van der Waals surface area (Å²) in [6, 6.07) is 21.4. The predicted octanol–water partition coefficient (Wildman–Crippen LogP) is 5.30. The van der Waals surface area contributed by atoms with E-state index in [0.29, 0.717) is 33.8 Å². The lowest BCUT2D eigenvalue weighted by Crippen LogP contribution is -2.22. The molecule has 0 N–H and O–H groups in total. The van der Waals surface area contributed by atoms with Crippen LogP contribution in [0.5, 0.6) is 0 Å². The third kappa shape index (κ3) is 3.68. The van der Waals surface area contributed by atoms with E-state index in [0.717, 1.165) is 33.5 Å². The summed E-state index contributed by atoms with van der Waals surface area (Å²) in [5.74, 6) is 1.92. The van der Waals surface area contributed by atoms with Crippen molar-refractivity contribution in [2.45, 2.75) is 31.7 Å². The normalized spacial score (nSPS) is 11.5. The van der Waals surface area contributed by atoms with Gasteiger partial charge in [-0.2, -0.15) is 4.98 Å². The first-order chi connectivity index (χ1) is 17.5. The first-order valence-electron chi connectivity index (χ1n) is 11.5. The molecule has 8 nitrogen and oxygen atoms in total. The molecule has 0 amide bonds. The van der Waals surface area contributed by atoms with Gasteiger partial charge in [-0.05, 0) is 50.1 Å². The Morgan fingerprint density at radius 1 is 0.917 bits per heavy atom. The van der Waals surface area contributed by atoms with Crippen LogP contribution < -0.4 is 5.56 Å². The van der Waals surface area contributed by atoms with Crippen LogP contribution in [0.4, 0.5) is 0 Å². The molecule has 0 bridgehead atoms. The van der Waals surface area contributed by atoms with E-state index in [9.17, 15) is 4.79 Å². The lowest BCUT2D eigenvalue weighted by Gasteiger charge is -2.13. The van der Waals surface area contributed by atoms with Crippen molar-refractivity contribution in [3.8, 4) is 17.1 Å². The lowest BCUT2D eigenvalue weighted by atomic mass is 10.1. The van der Waals surface area contributed by atoms with Crippen LogP contribution in [0.3, 0.4) is 0 Å². The number of aryl methyl sites for hydroxylation is 3. The molecule has 6 aromatic rings. The highest BCUT2D eigenvalue weighted by molar-refractivity contribution is 7.98. The van der Waals surface area contributed by atoms with Crippen molar-refractivity contribution in [3.63, 3.8) is 0 Å². The van der Waals surface area contributed by atoms with Gasteiger partial charge in [-0.1, -0.05) is 71.0 Å². The molecule has 0 saturated carbocycles. The maximum atomic E-state index is 13.6. The molecule has 3 aromatic carbocycles. The number of rotatable bonds is 5. The average molecular weight is 495 g/mol. The monoisotopic (exact) mass is 494 g/mol. The first kappa shape index (κ1) is 22.2. The number of fused-ring (bicyclic) bond motifs is 3. The summed E-state index contributed by atoms with van der Waals surface area (Å²) in [4.78, 5) is 18.1. The molecule has 0 aliphatic carbocycles. The summed E-state index contributed by atoms with van der Waals surface area (Å²) in [5, 5.41) is 14.3. The number of benzene rings is 3. The van der Waals surface area contributed by atoms with Gasteiger partial charge in [-0.3, -0.25) is 9.20 Å². The van der Waals surface area contributed by atoms with Gasteiger partial charge in [0.15, 0.2) is 5.16 Å². The Hall–Kier alpha value is -4.24. The van der Waals surface area contributed by atoms with Crippen LogP contribution in [0.2, 0.25) is 0 Å². The average Bonchev–Trinajstić information content (AvgIpc) is 3.52. The van der Waals surface area contributed by atoms with E-state index in [2.05, 4.69) is 26.4 Å². The minimum Gasteiger partial charge on any atom is -0.338 e. The molecule has 0 unspecified atom stereocenters. The quantitative estimate of drug-likeness (QED) is 0.300. The molecule has 0 aliphatic rings. The van der Waals surface area contributed by atoms with Crippen molar-refractivity contribution < 1.29 is 4.52 Å². The zero-order valence-electron chi connectivity index (χ0n) is 20.0. The number of nitrogens with zero attached hydrogens (tertiary/aromatic N) is 6. The van der Waals surface area contributed by atoms with Gasteiger partial charge in [0, 0.05) is 5.56 Å². The SMILES string of the molecule is Cc1ccc(-n2c(=O)c3ccccc3n3c(SCc4nc(-c5ccccc5C)no4)nnc23)c(C)c1. The van der Waals surface area contributed by atoms with Crippen LogP contribution in [0.15, 0.2) is 81.2 Å². The minimum absolute atomic E-state index is 0.131. The minimum atomic E-state index is -0.131. The van der Waals surface area contributed by atoms with Crippen molar-refractivity contribution in [1.29, 1.82) is 0 Å². The molecule has 9 heteroatoms. The molecule has 0 saturated heterocycles. The Morgan fingerprint density at radius 3 is 2.56 bits per heavy atom. The largest absolute Gasteiger partial charge is 0.338 e. The van der Waals surface area contributed by atoms with E-state index >= 15 is 0 Å². The molecule has 6 rings (SSSR count). The van der Waals surface area contributed by atoms with E-state index in [1.807, 2.05) is 85.8 Å². The number of para-hydroxylation sites is 1. The second kappa shape index (κ2) is 8.76. The highest BCUT2D eigenvalue weighted by atomic mass is 32.2. The van der Waals surface area contributed by atoms with Gasteiger partial charge in [-0.25, -0.2) is 4.57 Å². The predicted molar refractivity (Wildman–Crippen MR) is 140 cm³/mol. The van der Waals surface area contributed by atoms with E-state index in [4.69, 9.17) is 4.52 Å². The summed E-state index contributed by atoms with van der Waals surface area (Å²) in [6.07, 6.45) is 0. The summed E-state index contributed by atoms with van der Waals surface area (Å²) < 4.78 is 9.07. The molecule has 0 fully saturated rings. The third-order valence-corrected chi connectivity index (χ3v) is 7.08. The molecule has 0 aliphatic heterocycles. The van der Waals surface area contributed by atoms with Crippen molar-refractivity contribution >= 4 is 28.4 Å². The zero-order valence-corrected chi connectivity index (χ0v) is 20.8. The van der Waals surface area contributed by atoms with Gasteiger partial charge in [0.2, 0.25) is 17.5 Å². The number of hydrogen-bond acceptors (Lipinski definition) is 7. The highest BCUT2D eigenvalue weighted by Crippen LogP contribution is 2.27. The maximum Gasteiger partial charge on any atom is 0.267 e. The van der Waals surface area contributed by atoms with Gasteiger partial charge in [0.05, 0.1) is 22.3 Å². The Morgan fingerprint density at radius 2 is 1.72 bits per heavy atom. The lowest BCUT2D eigenvalue weighted by molar-refractivity contribution is 0.391. The molecule has 0 atom stereocenters. The summed E-state index contributed by atoms with van der Waals surface area (Å²) in [7, 11) is 0. The number of hydrogen-bond donors (Lipinski definition) is 0. The highest BCUT2D eigenvalue weighted by Gasteiger charge is 2.20. The molecule has 0 spiro atoms. The molecule has 3 aromatic heterocycles. The third-order valence-electron chi connectivity index (χ3n) is 6.17. The topological polar surface area (TPSA) is 91.1 Å². The molecule has 36 heavy (non-hydrogen) atoms.